The van der Waals surface area contributed by atoms with E-state index in [-0.39, 0.29) is 18.5 Å². The first-order chi connectivity index (χ1) is 8.17. The first-order valence-corrected chi connectivity index (χ1v) is 6.30. The summed E-state index contributed by atoms with van der Waals surface area (Å²) < 4.78 is 4.74. The molecule has 5 nitrogen and oxygen atoms in total. The summed E-state index contributed by atoms with van der Waals surface area (Å²) in [5.41, 5.74) is 0. The number of aliphatic hydroxyl groups excluding tert-OH is 1. The highest BCUT2D eigenvalue weighted by Gasteiger charge is 2.20. The number of methoxy groups -OCH3 is 1. The molecule has 1 aliphatic heterocycles. The molecule has 1 heterocycles. The normalized spacial score (nSPS) is 20.9. The molecule has 17 heavy (non-hydrogen) atoms. The van der Waals surface area contributed by atoms with E-state index in [1.807, 2.05) is 6.92 Å². The molecule has 1 fully saturated rings. The third-order valence-electron chi connectivity index (χ3n) is 3.23. The molecule has 0 aromatic heterocycles. The molecule has 1 rings (SSSR count). The average Bonchev–Trinajstić information content (AvgIpc) is 2.54. The number of rotatable bonds is 5. The highest BCUT2D eigenvalue weighted by atomic mass is 16.5. The molecule has 0 saturated carbocycles. The van der Waals surface area contributed by atoms with Crippen LogP contribution in [0.2, 0.25) is 0 Å². The molecule has 1 N–H and O–H groups in total. The lowest BCUT2D eigenvalue weighted by molar-refractivity contribution is -0.145. The van der Waals surface area contributed by atoms with Crippen molar-refractivity contribution in [1.82, 2.24) is 9.80 Å². The summed E-state index contributed by atoms with van der Waals surface area (Å²) in [6, 6.07) is 0. The molecule has 0 radical (unpaired) electrons. The van der Waals surface area contributed by atoms with E-state index >= 15 is 0 Å². The minimum atomic E-state index is -0.138. The second kappa shape index (κ2) is 7.63. The van der Waals surface area contributed by atoms with Crippen molar-refractivity contribution in [3.63, 3.8) is 0 Å². The molecular formula is C12H24N2O3. The van der Waals surface area contributed by atoms with E-state index < -0.39 is 0 Å². The molecule has 0 aromatic carbocycles. The maximum absolute atomic E-state index is 11.3. The molecule has 0 aliphatic carbocycles. The second-order valence-electron chi connectivity index (χ2n) is 4.64. The summed E-state index contributed by atoms with van der Waals surface area (Å²) in [4.78, 5) is 15.9. The van der Waals surface area contributed by atoms with Crippen LogP contribution >= 0.6 is 0 Å². The van der Waals surface area contributed by atoms with Crippen molar-refractivity contribution < 1.29 is 14.6 Å². The molecule has 5 heteroatoms. The molecule has 1 saturated heterocycles. The largest absolute Gasteiger partial charge is 0.469 e. The SMILES string of the molecule is COC(=O)C(C)CN1CCCN(CCO)CC1. The average molecular weight is 244 g/mol. The number of hydrogen-bond acceptors (Lipinski definition) is 5. The van der Waals surface area contributed by atoms with Gasteiger partial charge in [-0.3, -0.25) is 9.69 Å². The van der Waals surface area contributed by atoms with Crippen molar-refractivity contribution in [2.24, 2.45) is 5.92 Å². The predicted molar refractivity (Wildman–Crippen MR) is 65.8 cm³/mol. The molecule has 0 aromatic rings. The van der Waals surface area contributed by atoms with Gasteiger partial charge in [-0.05, 0) is 19.5 Å². The number of carbonyl (C=O) groups excluding carboxylic acids is 1. The third-order valence-corrected chi connectivity index (χ3v) is 3.23. The van der Waals surface area contributed by atoms with E-state index in [2.05, 4.69) is 9.80 Å². The van der Waals surface area contributed by atoms with Crippen molar-refractivity contribution >= 4 is 5.97 Å². The Kier molecular flexibility index (Phi) is 6.47. The Balaban J connectivity index is 2.33. The summed E-state index contributed by atoms with van der Waals surface area (Å²) in [5.74, 6) is -0.203. The maximum Gasteiger partial charge on any atom is 0.309 e. The quantitative estimate of drug-likeness (QED) is 0.679. The van der Waals surface area contributed by atoms with Gasteiger partial charge in [0.15, 0.2) is 0 Å². The Bertz CT molecular complexity index is 236. The molecule has 100 valence electrons. The minimum Gasteiger partial charge on any atom is -0.469 e. The van der Waals surface area contributed by atoms with Crippen LogP contribution in [0.15, 0.2) is 0 Å². The van der Waals surface area contributed by atoms with Crippen molar-refractivity contribution in [2.75, 3.05) is 53.0 Å². The molecular weight excluding hydrogens is 220 g/mol. The summed E-state index contributed by atoms with van der Waals surface area (Å²) in [5, 5.41) is 8.91. The van der Waals surface area contributed by atoms with Crippen LogP contribution in [0.1, 0.15) is 13.3 Å². The van der Waals surface area contributed by atoms with Gasteiger partial charge in [-0.1, -0.05) is 6.92 Å². The van der Waals surface area contributed by atoms with E-state index in [4.69, 9.17) is 9.84 Å². The molecule has 1 aliphatic rings. The van der Waals surface area contributed by atoms with Crippen LogP contribution in [0.3, 0.4) is 0 Å². The fourth-order valence-corrected chi connectivity index (χ4v) is 2.23. The first kappa shape index (κ1) is 14.4. The number of ether oxygens (including phenoxy) is 1. The van der Waals surface area contributed by atoms with Gasteiger partial charge >= 0.3 is 5.97 Å². The monoisotopic (exact) mass is 244 g/mol. The molecule has 1 unspecified atom stereocenters. The van der Waals surface area contributed by atoms with Gasteiger partial charge in [0.25, 0.3) is 0 Å². The zero-order valence-electron chi connectivity index (χ0n) is 10.9. The number of aliphatic hydroxyl groups is 1. The number of β-amino-alcohol motifs (C(OH)–C–C–N with tert-alkyl or cyclic N) is 1. The van der Waals surface area contributed by atoms with Crippen LogP contribution < -0.4 is 0 Å². The van der Waals surface area contributed by atoms with E-state index in [1.54, 1.807) is 0 Å². The van der Waals surface area contributed by atoms with Gasteiger partial charge in [-0.15, -0.1) is 0 Å². The van der Waals surface area contributed by atoms with Crippen LogP contribution in [0.4, 0.5) is 0 Å². The van der Waals surface area contributed by atoms with E-state index in [1.165, 1.54) is 7.11 Å². The summed E-state index contributed by atoms with van der Waals surface area (Å²) >= 11 is 0. The fraction of sp³-hybridized carbons (Fsp3) is 0.917. The predicted octanol–water partition coefficient (Wildman–Crippen LogP) is -0.204. The lowest BCUT2D eigenvalue weighted by atomic mass is 10.1. The van der Waals surface area contributed by atoms with Crippen LogP contribution in [0.5, 0.6) is 0 Å². The Hall–Kier alpha value is -0.650. The minimum absolute atomic E-state index is 0.0654. The summed E-state index contributed by atoms with van der Waals surface area (Å²) in [6.07, 6.45) is 1.09. The van der Waals surface area contributed by atoms with Gasteiger partial charge in [0.1, 0.15) is 0 Å². The Morgan fingerprint density at radius 2 is 1.94 bits per heavy atom. The van der Waals surface area contributed by atoms with Gasteiger partial charge in [0, 0.05) is 26.2 Å². The van der Waals surface area contributed by atoms with E-state index in [9.17, 15) is 4.79 Å². The van der Waals surface area contributed by atoms with Crippen LogP contribution in [0.25, 0.3) is 0 Å². The van der Waals surface area contributed by atoms with E-state index in [0.29, 0.717) is 0 Å². The van der Waals surface area contributed by atoms with Crippen LogP contribution in [0, 0.1) is 5.92 Å². The van der Waals surface area contributed by atoms with Gasteiger partial charge in [-0.2, -0.15) is 0 Å². The Labute approximate surface area is 103 Å². The van der Waals surface area contributed by atoms with Gasteiger partial charge in [-0.25, -0.2) is 0 Å². The highest BCUT2D eigenvalue weighted by molar-refractivity contribution is 5.72. The smallest absolute Gasteiger partial charge is 0.309 e. The third kappa shape index (κ3) is 5.02. The zero-order valence-corrected chi connectivity index (χ0v) is 10.9. The Morgan fingerprint density at radius 3 is 2.59 bits per heavy atom. The molecule has 0 spiro atoms. The number of hydrogen-bond donors (Lipinski definition) is 1. The topological polar surface area (TPSA) is 53.0 Å². The van der Waals surface area contributed by atoms with Crippen molar-refractivity contribution in [2.45, 2.75) is 13.3 Å². The number of carbonyl (C=O) groups is 1. The zero-order chi connectivity index (χ0) is 12.7. The van der Waals surface area contributed by atoms with Crippen LogP contribution in [-0.4, -0.2) is 73.9 Å². The van der Waals surface area contributed by atoms with Crippen molar-refractivity contribution in [3.05, 3.63) is 0 Å². The van der Waals surface area contributed by atoms with Gasteiger partial charge < -0.3 is 14.7 Å². The molecule has 0 amide bonds. The first-order valence-electron chi connectivity index (χ1n) is 6.30. The summed E-state index contributed by atoms with van der Waals surface area (Å²) in [6.45, 7) is 7.61. The summed E-state index contributed by atoms with van der Waals surface area (Å²) in [7, 11) is 1.43. The van der Waals surface area contributed by atoms with Gasteiger partial charge in [0.2, 0.25) is 0 Å². The van der Waals surface area contributed by atoms with Crippen molar-refractivity contribution in [3.8, 4) is 0 Å². The van der Waals surface area contributed by atoms with E-state index in [0.717, 1.165) is 45.7 Å². The number of nitrogens with zero attached hydrogens (tertiary/aromatic N) is 2. The molecule has 0 bridgehead atoms. The lowest BCUT2D eigenvalue weighted by Crippen LogP contribution is -2.36. The number of esters is 1. The fourth-order valence-electron chi connectivity index (χ4n) is 2.23. The lowest BCUT2D eigenvalue weighted by Gasteiger charge is -2.23. The highest BCUT2D eigenvalue weighted by Crippen LogP contribution is 2.07. The standard InChI is InChI=1S/C12H24N2O3/c1-11(12(16)17-2)10-14-5-3-4-13(6-7-14)8-9-15/h11,15H,3-10H2,1-2H3. The van der Waals surface area contributed by atoms with Crippen LogP contribution in [-0.2, 0) is 9.53 Å². The second-order valence-corrected chi connectivity index (χ2v) is 4.64. The van der Waals surface area contributed by atoms with Gasteiger partial charge in [0.05, 0.1) is 19.6 Å². The molecule has 1 atom stereocenters. The maximum atomic E-state index is 11.3. The Morgan fingerprint density at radius 1 is 1.29 bits per heavy atom. The van der Waals surface area contributed by atoms with Crippen molar-refractivity contribution in [1.29, 1.82) is 0 Å².